The van der Waals surface area contributed by atoms with Gasteiger partial charge < -0.3 is 20.5 Å². The average Bonchev–Trinajstić information content (AvgIpc) is 2.70. The molecule has 0 bridgehead atoms. The van der Waals surface area contributed by atoms with E-state index in [0.29, 0.717) is 22.7 Å². The van der Waals surface area contributed by atoms with E-state index in [2.05, 4.69) is 15.6 Å². The first-order chi connectivity index (χ1) is 13.1. The molecule has 0 radical (unpaired) electrons. The zero-order valence-electron chi connectivity index (χ0n) is 14.5. The number of carbonyl (C=O) groups is 2. The molecule has 0 saturated heterocycles. The van der Waals surface area contributed by atoms with Crippen molar-refractivity contribution >= 4 is 17.5 Å². The van der Waals surface area contributed by atoms with E-state index >= 15 is 0 Å². The highest BCUT2D eigenvalue weighted by Gasteiger charge is 2.10. The lowest BCUT2D eigenvalue weighted by Gasteiger charge is -2.09. The molecule has 0 aliphatic rings. The summed E-state index contributed by atoms with van der Waals surface area (Å²) in [6.07, 6.45) is 1.48. The van der Waals surface area contributed by atoms with E-state index in [1.807, 2.05) is 0 Å². The molecule has 0 aliphatic carbocycles. The van der Waals surface area contributed by atoms with E-state index in [1.165, 1.54) is 25.4 Å². The first kappa shape index (κ1) is 17.9. The van der Waals surface area contributed by atoms with Crippen molar-refractivity contribution in [3.8, 4) is 17.2 Å². The van der Waals surface area contributed by atoms with E-state index in [0.717, 1.165) is 0 Å². The Morgan fingerprint density at radius 2 is 1.70 bits per heavy atom. The molecular weight excluding hydrogens is 346 g/mol. The number of phenolic OH excluding ortho intramolecular Hbond substituents is 1. The highest BCUT2D eigenvalue weighted by Crippen LogP contribution is 2.24. The third-order valence-electron chi connectivity index (χ3n) is 3.70. The Morgan fingerprint density at radius 1 is 0.963 bits per heavy atom. The fraction of sp³-hybridized carbons (Fsp3) is 0.0500. The molecule has 3 aromatic rings. The monoisotopic (exact) mass is 363 g/mol. The summed E-state index contributed by atoms with van der Waals surface area (Å²) in [5.74, 6) is 0.291. The van der Waals surface area contributed by atoms with Crippen molar-refractivity contribution in [1.82, 2.24) is 10.3 Å². The summed E-state index contributed by atoms with van der Waals surface area (Å²) in [7, 11) is 1.52. The minimum atomic E-state index is -0.353. The van der Waals surface area contributed by atoms with Crippen molar-refractivity contribution < 1.29 is 19.4 Å². The molecular formula is C20H17N3O4. The Kier molecular flexibility index (Phi) is 5.32. The number of anilines is 1. The number of ether oxygens (including phenoxy) is 1. The smallest absolute Gasteiger partial charge is 0.269 e. The predicted octanol–water partition coefficient (Wildman–Crippen LogP) is 3.19. The Bertz CT molecular complexity index is 971. The number of carbonyl (C=O) groups excluding carboxylic acids is 2. The second kappa shape index (κ2) is 8.01. The van der Waals surface area contributed by atoms with E-state index in [9.17, 15) is 14.7 Å². The lowest BCUT2D eigenvalue weighted by molar-refractivity contribution is 0.0957. The number of aromatic hydroxyl groups is 1. The number of phenols is 1. The summed E-state index contributed by atoms with van der Waals surface area (Å²) in [5.41, 5.74) is 0.987. The number of hydrogen-bond donors (Lipinski definition) is 3. The highest BCUT2D eigenvalue weighted by molar-refractivity contribution is 6.05. The Morgan fingerprint density at radius 3 is 2.41 bits per heavy atom. The number of rotatable bonds is 5. The third kappa shape index (κ3) is 4.40. The number of aromatic nitrogens is 1. The van der Waals surface area contributed by atoms with Crippen LogP contribution in [0.3, 0.4) is 0 Å². The van der Waals surface area contributed by atoms with Gasteiger partial charge in [-0.15, -0.1) is 0 Å². The largest absolute Gasteiger partial charge is 0.506 e. The van der Waals surface area contributed by atoms with Crippen LogP contribution in [0.25, 0.3) is 0 Å². The number of pyridine rings is 1. The molecule has 7 nitrogen and oxygen atoms in total. The molecule has 3 rings (SSSR count). The lowest BCUT2D eigenvalue weighted by Crippen LogP contribution is -2.18. The van der Waals surface area contributed by atoms with Crippen molar-refractivity contribution in [2.45, 2.75) is 0 Å². The molecule has 3 N–H and O–H groups in total. The van der Waals surface area contributed by atoms with Gasteiger partial charge in [0, 0.05) is 24.9 Å². The molecule has 136 valence electrons. The van der Waals surface area contributed by atoms with Gasteiger partial charge in [0.15, 0.2) is 0 Å². The number of hydrogen-bond acceptors (Lipinski definition) is 5. The van der Waals surface area contributed by atoms with Crippen LogP contribution in [-0.2, 0) is 0 Å². The van der Waals surface area contributed by atoms with Gasteiger partial charge in [-0.05, 0) is 42.5 Å². The zero-order valence-corrected chi connectivity index (χ0v) is 14.5. The maximum atomic E-state index is 12.3. The first-order valence-corrected chi connectivity index (χ1v) is 8.12. The van der Waals surface area contributed by atoms with Gasteiger partial charge in [0.05, 0.1) is 5.69 Å². The standard InChI is InChI=1S/C20H17N3O4/c1-21-20(26)17-12-15(10-11-22-17)27-14-8-6-13(7-9-14)19(25)23-16-4-2-3-5-18(16)24/h2-12,24H,1H3,(H,21,26)(H,23,25). The Balaban J connectivity index is 1.69. The minimum Gasteiger partial charge on any atom is -0.506 e. The minimum absolute atomic E-state index is 0.00425. The van der Waals surface area contributed by atoms with Crippen molar-refractivity contribution in [2.24, 2.45) is 0 Å². The topological polar surface area (TPSA) is 101 Å². The van der Waals surface area contributed by atoms with Crippen LogP contribution >= 0.6 is 0 Å². The van der Waals surface area contributed by atoms with Gasteiger partial charge >= 0.3 is 0 Å². The van der Waals surface area contributed by atoms with Gasteiger partial charge in [-0.1, -0.05) is 12.1 Å². The van der Waals surface area contributed by atoms with Crippen LogP contribution < -0.4 is 15.4 Å². The number of para-hydroxylation sites is 2. The third-order valence-corrected chi connectivity index (χ3v) is 3.70. The number of nitrogens with one attached hydrogen (secondary N) is 2. The van der Waals surface area contributed by atoms with Gasteiger partial charge in [0.25, 0.3) is 11.8 Å². The molecule has 1 heterocycles. The quantitative estimate of drug-likeness (QED) is 0.605. The number of benzene rings is 2. The second-order valence-corrected chi connectivity index (χ2v) is 5.55. The summed E-state index contributed by atoms with van der Waals surface area (Å²) in [4.78, 5) is 27.9. The van der Waals surface area contributed by atoms with E-state index in [1.54, 1.807) is 48.5 Å². The van der Waals surface area contributed by atoms with Gasteiger partial charge in [-0.25, -0.2) is 0 Å². The van der Waals surface area contributed by atoms with Crippen LogP contribution in [0.4, 0.5) is 5.69 Å². The number of nitrogens with zero attached hydrogens (tertiary/aromatic N) is 1. The molecule has 27 heavy (non-hydrogen) atoms. The van der Waals surface area contributed by atoms with Crippen molar-refractivity contribution in [3.05, 3.63) is 78.1 Å². The molecule has 2 amide bonds. The molecule has 7 heteroatoms. The van der Waals surface area contributed by atoms with Crippen LogP contribution in [0.1, 0.15) is 20.8 Å². The van der Waals surface area contributed by atoms with Gasteiger partial charge in [-0.3, -0.25) is 14.6 Å². The predicted molar refractivity (Wildman–Crippen MR) is 100 cm³/mol. The molecule has 2 aromatic carbocycles. The molecule has 1 aromatic heterocycles. The summed E-state index contributed by atoms with van der Waals surface area (Å²) in [5, 5.41) is 14.9. The van der Waals surface area contributed by atoms with Crippen LogP contribution in [0.15, 0.2) is 66.9 Å². The molecule has 0 atom stereocenters. The van der Waals surface area contributed by atoms with E-state index in [4.69, 9.17) is 4.74 Å². The van der Waals surface area contributed by atoms with Gasteiger partial charge in [0.2, 0.25) is 0 Å². The second-order valence-electron chi connectivity index (χ2n) is 5.55. The van der Waals surface area contributed by atoms with Gasteiger partial charge in [-0.2, -0.15) is 0 Å². The summed E-state index contributed by atoms with van der Waals surface area (Å²) >= 11 is 0. The van der Waals surface area contributed by atoms with Crippen LogP contribution in [0.5, 0.6) is 17.2 Å². The van der Waals surface area contributed by atoms with Crippen LogP contribution in [-0.4, -0.2) is 29.0 Å². The van der Waals surface area contributed by atoms with Crippen LogP contribution in [0, 0.1) is 0 Å². The van der Waals surface area contributed by atoms with Gasteiger partial charge in [0.1, 0.15) is 22.9 Å². The Hall–Kier alpha value is -3.87. The van der Waals surface area contributed by atoms with Crippen molar-refractivity contribution in [2.75, 3.05) is 12.4 Å². The number of amides is 2. The lowest BCUT2D eigenvalue weighted by atomic mass is 10.2. The van der Waals surface area contributed by atoms with Crippen molar-refractivity contribution in [3.63, 3.8) is 0 Å². The molecule has 0 saturated carbocycles. The summed E-state index contributed by atoms with van der Waals surface area (Å²) < 4.78 is 5.69. The fourth-order valence-corrected chi connectivity index (χ4v) is 2.31. The van der Waals surface area contributed by atoms with Crippen molar-refractivity contribution in [1.29, 1.82) is 0 Å². The average molecular weight is 363 g/mol. The maximum absolute atomic E-state index is 12.3. The normalized spacial score (nSPS) is 10.1. The SMILES string of the molecule is CNC(=O)c1cc(Oc2ccc(C(=O)Nc3ccccc3O)cc2)ccn1. The zero-order chi connectivity index (χ0) is 19.2. The Labute approximate surface area is 155 Å². The molecule has 0 unspecified atom stereocenters. The molecule has 0 aliphatic heterocycles. The highest BCUT2D eigenvalue weighted by atomic mass is 16.5. The maximum Gasteiger partial charge on any atom is 0.269 e. The van der Waals surface area contributed by atoms with E-state index < -0.39 is 0 Å². The van der Waals surface area contributed by atoms with Crippen LogP contribution in [0.2, 0.25) is 0 Å². The summed E-state index contributed by atoms with van der Waals surface area (Å²) in [6, 6.07) is 16.1. The fourth-order valence-electron chi connectivity index (χ4n) is 2.31. The molecule has 0 fully saturated rings. The van der Waals surface area contributed by atoms with E-state index in [-0.39, 0.29) is 23.3 Å². The first-order valence-electron chi connectivity index (χ1n) is 8.12. The summed E-state index contributed by atoms with van der Waals surface area (Å²) in [6.45, 7) is 0. The molecule has 0 spiro atoms.